The number of fused-ring (bicyclic) bond motifs is 1. The van der Waals surface area contributed by atoms with Crippen LogP contribution in [0, 0.1) is 0 Å². The van der Waals surface area contributed by atoms with E-state index in [2.05, 4.69) is 9.88 Å². The molecular formula is C12H18N4OS. The normalized spacial score (nSPS) is 21.3. The van der Waals surface area contributed by atoms with Gasteiger partial charge in [0, 0.05) is 31.1 Å². The van der Waals surface area contributed by atoms with Crippen LogP contribution in [0.25, 0.3) is 0 Å². The zero-order valence-electron chi connectivity index (χ0n) is 10.6. The van der Waals surface area contributed by atoms with Gasteiger partial charge in [0.2, 0.25) is 5.91 Å². The van der Waals surface area contributed by atoms with Crippen molar-refractivity contribution in [1.29, 1.82) is 0 Å². The molecule has 5 nitrogen and oxygen atoms in total. The lowest BCUT2D eigenvalue weighted by Crippen LogP contribution is -2.44. The van der Waals surface area contributed by atoms with Crippen LogP contribution in [-0.2, 0) is 17.9 Å². The van der Waals surface area contributed by atoms with Crippen LogP contribution >= 0.6 is 11.3 Å². The minimum absolute atomic E-state index is 0.0503. The predicted octanol–water partition coefficient (Wildman–Crippen LogP) is 1.05. The van der Waals surface area contributed by atoms with Crippen LogP contribution < -0.4 is 5.73 Å². The molecule has 1 aromatic rings. The highest BCUT2D eigenvalue weighted by atomic mass is 32.1. The van der Waals surface area contributed by atoms with Crippen molar-refractivity contribution in [1.82, 2.24) is 14.8 Å². The Bertz CT molecular complexity index is 443. The lowest BCUT2D eigenvalue weighted by Gasteiger charge is -2.27. The second-order valence-corrected chi connectivity index (χ2v) is 6.15. The summed E-state index contributed by atoms with van der Waals surface area (Å²) in [4.78, 5) is 22.0. The molecule has 2 N–H and O–H groups in total. The van der Waals surface area contributed by atoms with Crippen LogP contribution in [0.5, 0.6) is 0 Å². The topological polar surface area (TPSA) is 62.5 Å². The van der Waals surface area contributed by atoms with Gasteiger partial charge < -0.3 is 10.6 Å². The molecule has 1 fully saturated rings. The van der Waals surface area contributed by atoms with Gasteiger partial charge in [-0.25, -0.2) is 4.98 Å². The smallest absolute Gasteiger partial charge is 0.239 e. The Hall–Kier alpha value is -1.14. The van der Waals surface area contributed by atoms with Crippen LogP contribution in [0.4, 0.5) is 5.13 Å². The molecule has 6 heteroatoms. The SMILES string of the molecule is CC(C(=O)N1CCCC1)N1Cc2nc(N)sc2C1. The Balaban J connectivity index is 1.66. The zero-order valence-corrected chi connectivity index (χ0v) is 11.4. The van der Waals surface area contributed by atoms with Gasteiger partial charge in [-0.2, -0.15) is 0 Å². The number of amides is 1. The molecule has 2 aliphatic heterocycles. The number of aromatic nitrogens is 1. The van der Waals surface area contributed by atoms with E-state index in [9.17, 15) is 4.79 Å². The van der Waals surface area contributed by atoms with Gasteiger partial charge in [-0.1, -0.05) is 0 Å². The van der Waals surface area contributed by atoms with E-state index < -0.39 is 0 Å². The lowest BCUT2D eigenvalue weighted by molar-refractivity contribution is -0.135. The summed E-state index contributed by atoms with van der Waals surface area (Å²) < 4.78 is 0. The number of thiazole rings is 1. The maximum absolute atomic E-state index is 12.3. The largest absolute Gasteiger partial charge is 0.375 e. The van der Waals surface area contributed by atoms with Crippen molar-refractivity contribution in [2.75, 3.05) is 18.8 Å². The van der Waals surface area contributed by atoms with E-state index in [1.54, 1.807) is 11.3 Å². The Kier molecular flexibility index (Phi) is 2.99. The monoisotopic (exact) mass is 266 g/mol. The molecule has 2 aliphatic rings. The third-order valence-electron chi connectivity index (χ3n) is 3.82. The van der Waals surface area contributed by atoms with Crippen molar-refractivity contribution in [3.05, 3.63) is 10.6 Å². The lowest BCUT2D eigenvalue weighted by atomic mass is 10.2. The number of carbonyl (C=O) groups excluding carboxylic acids is 1. The van der Waals surface area contributed by atoms with Gasteiger partial charge in [-0.3, -0.25) is 9.69 Å². The van der Waals surface area contributed by atoms with Crippen molar-refractivity contribution >= 4 is 22.4 Å². The second-order valence-electron chi connectivity index (χ2n) is 5.04. The summed E-state index contributed by atoms with van der Waals surface area (Å²) in [5, 5.41) is 0.637. The van der Waals surface area contributed by atoms with Gasteiger partial charge >= 0.3 is 0 Å². The van der Waals surface area contributed by atoms with E-state index in [0.29, 0.717) is 5.13 Å². The highest BCUT2D eigenvalue weighted by Crippen LogP contribution is 2.31. The fraction of sp³-hybridized carbons (Fsp3) is 0.667. The predicted molar refractivity (Wildman–Crippen MR) is 71.0 cm³/mol. The Morgan fingerprint density at radius 1 is 1.39 bits per heavy atom. The summed E-state index contributed by atoms with van der Waals surface area (Å²) in [6.45, 7) is 5.41. The number of carbonyl (C=O) groups is 1. The summed E-state index contributed by atoms with van der Waals surface area (Å²) in [5.41, 5.74) is 6.74. The van der Waals surface area contributed by atoms with Gasteiger partial charge in [-0.15, -0.1) is 11.3 Å². The fourth-order valence-electron chi connectivity index (χ4n) is 2.71. The molecule has 1 amide bonds. The Morgan fingerprint density at radius 3 is 2.78 bits per heavy atom. The third kappa shape index (κ3) is 1.99. The minimum Gasteiger partial charge on any atom is -0.375 e. The average molecular weight is 266 g/mol. The number of nitrogen functional groups attached to an aromatic ring is 1. The molecular weight excluding hydrogens is 248 g/mol. The van der Waals surface area contributed by atoms with Crippen LogP contribution in [0.3, 0.4) is 0 Å². The summed E-state index contributed by atoms with van der Waals surface area (Å²) in [7, 11) is 0. The molecule has 0 spiro atoms. The van der Waals surface area contributed by atoms with Crippen LogP contribution in [-0.4, -0.2) is 39.8 Å². The molecule has 1 aromatic heterocycles. The summed E-state index contributed by atoms with van der Waals surface area (Å²) in [5.74, 6) is 0.260. The number of anilines is 1. The fourth-order valence-corrected chi connectivity index (χ4v) is 3.58. The number of nitrogens with zero attached hydrogens (tertiary/aromatic N) is 3. The Labute approximate surface area is 111 Å². The Morgan fingerprint density at radius 2 is 2.11 bits per heavy atom. The molecule has 0 radical (unpaired) electrons. The average Bonchev–Trinajstić information content (AvgIpc) is 3.00. The van der Waals surface area contributed by atoms with Gasteiger partial charge in [0.05, 0.1) is 11.7 Å². The van der Waals surface area contributed by atoms with E-state index in [4.69, 9.17) is 5.73 Å². The number of likely N-dealkylation sites (tertiary alicyclic amines) is 1. The maximum atomic E-state index is 12.3. The molecule has 3 heterocycles. The molecule has 1 unspecified atom stereocenters. The first-order valence-electron chi connectivity index (χ1n) is 6.42. The number of hydrogen-bond acceptors (Lipinski definition) is 5. The van der Waals surface area contributed by atoms with Crippen LogP contribution in [0.1, 0.15) is 30.3 Å². The van der Waals surface area contributed by atoms with Gasteiger partial charge in [0.15, 0.2) is 5.13 Å². The number of nitrogens with two attached hydrogens (primary N) is 1. The molecule has 1 saturated heterocycles. The first kappa shape index (κ1) is 11.9. The molecule has 1 atom stereocenters. The highest BCUT2D eigenvalue weighted by Gasteiger charge is 2.32. The standard InChI is InChI=1S/C12H18N4OS/c1-8(11(17)15-4-2-3-5-15)16-6-9-10(7-16)18-12(13)14-9/h8H,2-7H2,1H3,(H2,13,14). The molecule has 18 heavy (non-hydrogen) atoms. The molecule has 98 valence electrons. The molecule has 0 saturated carbocycles. The third-order valence-corrected chi connectivity index (χ3v) is 4.73. The van der Waals surface area contributed by atoms with Crippen molar-refractivity contribution in [3.8, 4) is 0 Å². The zero-order chi connectivity index (χ0) is 12.7. The summed E-state index contributed by atoms with van der Waals surface area (Å²) in [6, 6.07) is -0.0503. The maximum Gasteiger partial charge on any atom is 0.239 e. The highest BCUT2D eigenvalue weighted by molar-refractivity contribution is 7.15. The first-order valence-corrected chi connectivity index (χ1v) is 7.23. The van der Waals surface area contributed by atoms with Crippen molar-refractivity contribution in [2.24, 2.45) is 0 Å². The second kappa shape index (κ2) is 4.51. The quantitative estimate of drug-likeness (QED) is 0.869. The van der Waals surface area contributed by atoms with Crippen molar-refractivity contribution in [2.45, 2.75) is 38.9 Å². The van der Waals surface area contributed by atoms with E-state index in [1.165, 1.54) is 4.88 Å². The van der Waals surface area contributed by atoms with Crippen molar-refractivity contribution in [3.63, 3.8) is 0 Å². The molecule has 0 aromatic carbocycles. The summed E-state index contributed by atoms with van der Waals surface area (Å²) in [6.07, 6.45) is 2.29. The van der Waals surface area contributed by atoms with Gasteiger partial charge in [0.1, 0.15) is 0 Å². The molecule has 0 bridgehead atoms. The van der Waals surface area contributed by atoms with E-state index >= 15 is 0 Å². The molecule has 3 rings (SSSR count). The van der Waals surface area contributed by atoms with E-state index in [1.807, 2.05) is 11.8 Å². The van der Waals surface area contributed by atoms with Gasteiger partial charge in [-0.05, 0) is 19.8 Å². The minimum atomic E-state index is -0.0503. The van der Waals surface area contributed by atoms with E-state index in [0.717, 1.165) is 44.7 Å². The van der Waals surface area contributed by atoms with Crippen LogP contribution in [0.15, 0.2) is 0 Å². The van der Waals surface area contributed by atoms with Crippen LogP contribution in [0.2, 0.25) is 0 Å². The number of rotatable bonds is 2. The molecule has 0 aliphatic carbocycles. The first-order chi connectivity index (χ1) is 8.65. The summed E-state index contributed by atoms with van der Waals surface area (Å²) >= 11 is 1.54. The number of hydrogen-bond donors (Lipinski definition) is 1. The van der Waals surface area contributed by atoms with E-state index in [-0.39, 0.29) is 11.9 Å². The van der Waals surface area contributed by atoms with Crippen molar-refractivity contribution < 1.29 is 4.79 Å². The van der Waals surface area contributed by atoms with Gasteiger partial charge in [0.25, 0.3) is 0 Å².